The van der Waals surface area contributed by atoms with Gasteiger partial charge in [-0.3, -0.25) is 0 Å². The summed E-state index contributed by atoms with van der Waals surface area (Å²) in [4.78, 5) is 0. The Morgan fingerprint density at radius 2 is 1.71 bits per heavy atom. The normalized spacial score (nSPS) is 10.2. The third kappa shape index (κ3) is 2.20. The molecule has 0 unspecified atom stereocenters. The number of hydrogen-bond donors (Lipinski definition) is 0. The monoisotopic (exact) mass is 212 g/mol. The second kappa shape index (κ2) is 4.88. The molecule has 0 aliphatic carbocycles. The molecule has 17 heavy (non-hydrogen) atoms. The molecule has 0 atom stereocenters. The van der Waals surface area contributed by atoms with Crippen molar-refractivity contribution in [3.8, 4) is 11.1 Å². The Balaban J connectivity index is 0.00000108. The number of benzene rings is 2. The first-order valence-corrected chi connectivity index (χ1v) is 5.56. The largest absolute Gasteiger partial charge is 1.00 e. The summed E-state index contributed by atoms with van der Waals surface area (Å²) < 4.78 is 0. The molecule has 0 radical (unpaired) electrons. The SMILES string of the molecule is Cc1cc(-c2ccccc2)c2cc[cH-]c2c1.[Li+]. The Labute approximate surface area is 114 Å². The van der Waals surface area contributed by atoms with Gasteiger partial charge in [-0.1, -0.05) is 47.5 Å². The third-order valence-electron chi connectivity index (χ3n) is 2.98. The summed E-state index contributed by atoms with van der Waals surface area (Å²) in [5.41, 5.74) is 3.94. The molecular formula is C16H13Li. The zero-order valence-corrected chi connectivity index (χ0v) is 10.3. The van der Waals surface area contributed by atoms with E-state index in [0.717, 1.165) is 0 Å². The minimum atomic E-state index is 0. The molecule has 0 bridgehead atoms. The second-order valence-corrected chi connectivity index (χ2v) is 4.21. The van der Waals surface area contributed by atoms with E-state index >= 15 is 0 Å². The number of rotatable bonds is 1. The van der Waals surface area contributed by atoms with Crippen LogP contribution in [0, 0.1) is 6.92 Å². The predicted octanol–water partition coefficient (Wildman–Crippen LogP) is 1.54. The van der Waals surface area contributed by atoms with E-state index in [0.29, 0.717) is 0 Å². The fraction of sp³-hybridized carbons (Fsp3) is 0.0625. The van der Waals surface area contributed by atoms with E-state index in [4.69, 9.17) is 0 Å². The van der Waals surface area contributed by atoms with Crippen molar-refractivity contribution >= 4 is 10.8 Å². The van der Waals surface area contributed by atoms with Gasteiger partial charge in [0.2, 0.25) is 0 Å². The van der Waals surface area contributed by atoms with Crippen LogP contribution in [0.1, 0.15) is 5.56 Å². The van der Waals surface area contributed by atoms with Crippen LogP contribution in [0.5, 0.6) is 0 Å². The van der Waals surface area contributed by atoms with Crippen molar-refractivity contribution < 1.29 is 18.9 Å². The van der Waals surface area contributed by atoms with Crippen LogP contribution in [-0.2, 0) is 0 Å². The topological polar surface area (TPSA) is 0 Å². The number of hydrogen-bond acceptors (Lipinski definition) is 0. The van der Waals surface area contributed by atoms with Crippen LogP contribution in [0.2, 0.25) is 0 Å². The van der Waals surface area contributed by atoms with Crippen molar-refractivity contribution in [1.82, 2.24) is 0 Å². The van der Waals surface area contributed by atoms with Crippen LogP contribution < -0.4 is 18.9 Å². The molecule has 3 rings (SSSR count). The van der Waals surface area contributed by atoms with Crippen LogP contribution >= 0.6 is 0 Å². The summed E-state index contributed by atoms with van der Waals surface area (Å²) in [6.45, 7) is 2.15. The Kier molecular flexibility index (Phi) is 3.48. The van der Waals surface area contributed by atoms with E-state index in [9.17, 15) is 0 Å². The molecule has 3 aromatic rings. The van der Waals surface area contributed by atoms with Crippen LogP contribution in [0.3, 0.4) is 0 Å². The minimum absolute atomic E-state index is 0. The first-order chi connectivity index (χ1) is 7.84. The van der Waals surface area contributed by atoms with E-state index in [1.165, 1.54) is 27.5 Å². The van der Waals surface area contributed by atoms with Gasteiger partial charge in [0.15, 0.2) is 0 Å². The molecule has 0 nitrogen and oxygen atoms in total. The molecule has 0 amide bonds. The molecule has 0 N–H and O–H groups in total. The molecule has 0 saturated carbocycles. The van der Waals surface area contributed by atoms with Crippen molar-refractivity contribution in [3.63, 3.8) is 0 Å². The summed E-state index contributed by atoms with van der Waals surface area (Å²) in [5, 5.41) is 2.68. The molecule has 0 aromatic heterocycles. The molecule has 0 fully saturated rings. The molecule has 0 spiro atoms. The van der Waals surface area contributed by atoms with Crippen molar-refractivity contribution in [2.75, 3.05) is 0 Å². The van der Waals surface area contributed by atoms with E-state index in [2.05, 4.69) is 67.6 Å². The van der Waals surface area contributed by atoms with Gasteiger partial charge in [-0.15, -0.1) is 22.9 Å². The van der Waals surface area contributed by atoms with Gasteiger partial charge in [0.1, 0.15) is 0 Å². The molecule has 0 saturated heterocycles. The number of aryl methyl sites for hydroxylation is 1. The summed E-state index contributed by atoms with van der Waals surface area (Å²) in [5.74, 6) is 0. The van der Waals surface area contributed by atoms with Crippen molar-refractivity contribution in [2.45, 2.75) is 6.92 Å². The van der Waals surface area contributed by atoms with Gasteiger partial charge >= 0.3 is 18.9 Å². The maximum absolute atomic E-state index is 2.26. The number of fused-ring (bicyclic) bond motifs is 1. The molecule has 78 valence electrons. The Hall–Kier alpha value is -1.35. The van der Waals surface area contributed by atoms with Gasteiger partial charge in [0, 0.05) is 0 Å². The van der Waals surface area contributed by atoms with Gasteiger partial charge < -0.3 is 0 Å². The molecule has 0 aliphatic rings. The fourth-order valence-corrected chi connectivity index (χ4v) is 2.25. The minimum Gasteiger partial charge on any atom is -0.168 e. The molecule has 0 aliphatic heterocycles. The average molecular weight is 212 g/mol. The van der Waals surface area contributed by atoms with Crippen LogP contribution in [0.25, 0.3) is 21.9 Å². The first kappa shape index (κ1) is 12.1. The van der Waals surface area contributed by atoms with Gasteiger partial charge in [-0.2, -0.15) is 12.1 Å². The Morgan fingerprint density at radius 1 is 0.941 bits per heavy atom. The maximum atomic E-state index is 2.26. The van der Waals surface area contributed by atoms with E-state index < -0.39 is 0 Å². The standard InChI is InChI=1S/C16H13.Li/c1-12-10-14-8-5-9-15(14)16(11-12)13-6-3-2-4-7-13;/h2-11H,1H3;/q-1;+1. The zero-order valence-electron chi connectivity index (χ0n) is 10.3. The smallest absolute Gasteiger partial charge is 0.168 e. The van der Waals surface area contributed by atoms with Crippen LogP contribution in [0.4, 0.5) is 0 Å². The van der Waals surface area contributed by atoms with Gasteiger partial charge in [0.05, 0.1) is 0 Å². The quantitative estimate of drug-likeness (QED) is 0.424. The van der Waals surface area contributed by atoms with E-state index in [1.54, 1.807) is 0 Å². The average Bonchev–Trinajstić information content (AvgIpc) is 2.77. The van der Waals surface area contributed by atoms with Crippen LogP contribution in [-0.4, -0.2) is 0 Å². The molecule has 3 aromatic carbocycles. The van der Waals surface area contributed by atoms with Crippen molar-refractivity contribution in [2.24, 2.45) is 0 Å². The van der Waals surface area contributed by atoms with E-state index in [-0.39, 0.29) is 18.9 Å². The molecule has 0 heterocycles. The molecular weight excluding hydrogens is 199 g/mol. The summed E-state index contributed by atoms with van der Waals surface area (Å²) in [6, 6.07) is 21.6. The Bertz CT molecular complexity index is 620. The predicted molar refractivity (Wildman–Crippen MR) is 69.7 cm³/mol. The maximum Gasteiger partial charge on any atom is 1.00 e. The van der Waals surface area contributed by atoms with Gasteiger partial charge in [0.25, 0.3) is 0 Å². The zero-order chi connectivity index (χ0) is 11.0. The second-order valence-electron chi connectivity index (χ2n) is 4.21. The van der Waals surface area contributed by atoms with Crippen molar-refractivity contribution in [1.29, 1.82) is 0 Å². The van der Waals surface area contributed by atoms with E-state index in [1.807, 2.05) is 0 Å². The first-order valence-electron chi connectivity index (χ1n) is 5.56. The summed E-state index contributed by atoms with van der Waals surface area (Å²) >= 11 is 0. The third-order valence-corrected chi connectivity index (χ3v) is 2.98. The fourth-order valence-electron chi connectivity index (χ4n) is 2.25. The van der Waals surface area contributed by atoms with Gasteiger partial charge in [-0.25, -0.2) is 0 Å². The van der Waals surface area contributed by atoms with Gasteiger partial charge in [-0.05, 0) is 12.5 Å². The molecule has 1 heteroatoms. The summed E-state index contributed by atoms with van der Waals surface area (Å²) in [6.07, 6.45) is 0. The Morgan fingerprint density at radius 3 is 2.47 bits per heavy atom. The summed E-state index contributed by atoms with van der Waals surface area (Å²) in [7, 11) is 0. The van der Waals surface area contributed by atoms with Crippen LogP contribution in [0.15, 0.2) is 60.7 Å². The van der Waals surface area contributed by atoms with Crippen molar-refractivity contribution in [3.05, 3.63) is 66.2 Å².